The molecular weight excluding hydrogens is 290 g/mol. The van der Waals surface area contributed by atoms with Crippen molar-refractivity contribution in [2.45, 2.75) is 24.4 Å². The van der Waals surface area contributed by atoms with Gasteiger partial charge in [0.2, 0.25) is 10.0 Å². The van der Waals surface area contributed by atoms with Crippen LogP contribution in [0.3, 0.4) is 0 Å². The van der Waals surface area contributed by atoms with Crippen LogP contribution in [0.15, 0.2) is 23.1 Å². The Morgan fingerprint density at radius 2 is 2.00 bits per heavy atom. The minimum absolute atomic E-state index is 0.162. The van der Waals surface area contributed by atoms with Gasteiger partial charge in [0.05, 0.1) is 7.11 Å². The predicted octanol–water partition coefficient (Wildman–Crippen LogP) is 0.643. The summed E-state index contributed by atoms with van der Waals surface area (Å²) >= 11 is 0. The molecule has 1 rings (SSSR count). The fraction of sp³-hybridized carbons (Fsp3) is 0.571. The van der Waals surface area contributed by atoms with Gasteiger partial charge in [-0.2, -0.15) is 0 Å². The van der Waals surface area contributed by atoms with Gasteiger partial charge in [-0.05, 0) is 45.8 Å². The minimum Gasteiger partial charge on any atom is -0.495 e. The van der Waals surface area contributed by atoms with Gasteiger partial charge in [0, 0.05) is 19.1 Å². The quantitative estimate of drug-likeness (QED) is 0.737. The number of methoxy groups -OCH3 is 1. The molecular formula is C14H25N3O3S. The molecule has 0 bridgehead atoms. The van der Waals surface area contributed by atoms with E-state index in [1.807, 2.05) is 33.0 Å². The maximum atomic E-state index is 12.4. The maximum absolute atomic E-state index is 12.4. The number of nitrogens with zero attached hydrogens (tertiary/aromatic N) is 1. The van der Waals surface area contributed by atoms with Crippen LogP contribution >= 0.6 is 0 Å². The van der Waals surface area contributed by atoms with Gasteiger partial charge >= 0.3 is 0 Å². The van der Waals surface area contributed by atoms with Crippen LogP contribution in [0.1, 0.15) is 12.5 Å². The van der Waals surface area contributed by atoms with Crippen molar-refractivity contribution < 1.29 is 13.2 Å². The van der Waals surface area contributed by atoms with E-state index in [0.29, 0.717) is 18.8 Å². The van der Waals surface area contributed by atoms with Crippen LogP contribution in [0.5, 0.6) is 5.75 Å². The summed E-state index contributed by atoms with van der Waals surface area (Å²) in [4.78, 5) is 2.09. The third-order valence-corrected chi connectivity index (χ3v) is 4.52. The summed E-state index contributed by atoms with van der Waals surface area (Å²) in [7, 11) is 3.51. The average molecular weight is 315 g/mol. The topological polar surface area (TPSA) is 70.7 Å². The van der Waals surface area contributed by atoms with E-state index in [2.05, 4.69) is 10.0 Å². The van der Waals surface area contributed by atoms with E-state index in [4.69, 9.17) is 4.74 Å². The number of benzene rings is 1. The Hall–Kier alpha value is -1.15. The zero-order valence-electron chi connectivity index (χ0n) is 13.3. The molecule has 1 aromatic rings. The molecule has 0 saturated carbocycles. The normalized spacial score (nSPS) is 13.4. The third-order valence-electron chi connectivity index (χ3n) is 2.89. The highest BCUT2D eigenvalue weighted by molar-refractivity contribution is 7.89. The number of nitrogens with one attached hydrogen (secondary N) is 2. The van der Waals surface area contributed by atoms with Crippen molar-refractivity contribution in [2.75, 3.05) is 34.8 Å². The van der Waals surface area contributed by atoms with Gasteiger partial charge in [0.25, 0.3) is 0 Å². The largest absolute Gasteiger partial charge is 0.495 e. The molecule has 0 aliphatic carbocycles. The molecule has 120 valence electrons. The fourth-order valence-electron chi connectivity index (χ4n) is 2.16. The molecule has 2 N–H and O–H groups in total. The van der Waals surface area contributed by atoms with Gasteiger partial charge in [-0.25, -0.2) is 13.1 Å². The van der Waals surface area contributed by atoms with Crippen molar-refractivity contribution in [3.8, 4) is 5.75 Å². The second-order valence-corrected chi connectivity index (χ2v) is 6.98. The smallest absolute Gasteiger partial charge is 0.244 e. The van der Waals surface area contributed by atoms with E-state index in [0.717, 1.165) is 5.56 Å². The van der Waals surface area contributed by atoms with Crippen molar-refractivity contribution in [2.24, 2.45) is 0 Å². The monoisotopic (exact) mass is 315 g/mol. The Labute approximate surface area is 127 Å². The molecule has 1 unspecified atom stereocenters. The Morgan fingerprint density at radius 1 is 1.33 bits per heavy atom. The molecule has 0 amide bonds. The van der Waals surface area contributed by atoms with Crippen molar-refractivity contribution >= 4 is 10.0 Å². The van der Waals surface area contributed by atoms with Crippen molar-refractivity contribution in [1.82, 2.24) is 14.9 Å². The van der Waals surface area contributed by atoms with Crippen LogP contribution in [-0.2, 0) is 16.6 Å². The Bertz CT molecular complexity index is 559. The average Bonchev–Trinajstić information content (AvgIpc) is 2.36. The Balaban J connectivity index is 3.02. The summed E-state index contributed by atoms with van der Waals surface area (Å²) in [5, 5.41) is 3.02. The molecule has 0 aliphatic rings. The predicted molar refractivity (Wildman–Crippen MR) is 84.1 cm³/mol. The van der Waals surface area contributed by atoms with E-state index in [9.17, 15) is 8.42 Å². The molecule has 0 fully saturated rings. The van der Waals surface area contributed by atoms with Crippen molar-refractivity contribution in [3.05, 3.63) is 23.8 Å². The Morgan fingerprint density at radius 3 is 2.52 bits per heavy atom. The summed E-state index contributed by atoms with van der Waals surface area (Å²) < 4.78 is 32.8. The van der Waals surface area contributed by atoms with Gasteiger partial charge in [-0.15, -0.1) is 0 Å². The molecule has 21 heavy (non-hydrogen) atoms. The van der Waals surface area contributed by atoms with Crippen LogP contribution < -0.4 is 14.8 Å². The molecule has 0 spiro atoms. The molecule has 6 nitrogen and oxygen atoms in total. The van der Waals surface area contributed by atoms with Crippen LogP contribution in [0.25, 0.3) is 0 Å². The van der Waals surface area contributed by atoms with Gasteiger partial charge < -0.3 is 15.0 Å². The second-order valence-electron chi connectivity index (χ2n) is 5.30. The van der Waals surface area contributed by atoms with Crippen LogP contribution in [-0.4, -0.2) is 54.2 Å². The molecule has 0 aliphatic heterocycles. The molecule has 0 radical (unpaired) electrons. The number of hydrogen-bond acceptors (Lipinski definition) is 5. The number of hydrogen-bond donors (Lipinski definition) is 2. The summed E-state index contributed by atoms with van der Waals surface area (Å²) in [5.41, 5.74) is 0.967. The first-order chi connectivity index (χ1) is 9.80. The van der Waals surface area contributed by atoms with Crippen LogP contribution in [0, 0.1) is 0 Å². The Kier molecular flexibility index (Phi) is 6.60. The van der Waals surface area contributed by atoms with Crippen LogP contribution in [0.4, 0.5) is 0 Å². The van der Waals surface area contributed by atoms with E-state index in [-0.39, 0.29) is 10.9 Å². The van der Waals surface area contributed by atoms with E-state index < -0.39 is 10.0 Å². The zero-order chi connectivity index (χ0) is 16.0. The summed E-state index contributed by atoms with van der Waals surface area (Å²) in [6.07, 6.45) is 0. The summed E-state index contributed by atoms with van der Waals surface area (Å²) in [6, 6.07) is 4.91. The first-order valence-electron chi connectivity index (χ1n) is 6.78. The highest BCUT2D eigenvalue weighted by Crippen LogP contribution is 2.25. The molecule has 1 aromatic carbocycles. The highest BCUT2D eigenvalue weighted by atomic mass is 32.2. The molecule has 7 heteroatoms. The molecule has 1 atom stereocenters. The number of sulfonamides is 1. The fourth-order valence-corrected chi connectivity index (χ4v) is 3.55. The molecule has 0 aromatic heterocycles. The zero-order valence-corrected chi connectivity index (χ0v) is 14.1. The standard InChI is InChI=1S/C14H25N3O3S/c1-11(10-17(3)4)16-21(18,19)14-7-6-12(9-15-2)8-13(14)20-5/h6-8,11,15-16H,9-10H2,1-5H3. The second kappa shape index (κ2) is 7.74. The highest BCUT2D eigenvalue weighted by Gasteiger charge is 2.22. The van der Waals surface area contributed by atoms with Crippen molar-refractivity contribution in [3.63, 3.8) is 0 Å². The van der Waals surface area contributed by atoms with Gasteiger partial charge in [0.15, 0.2) is 0 Å². The lowest BCUT2D eigenvalue weighted by atomic mass is 10.2. The first kappa shape index (κ1) is 17.9. The SMILES string of the molecule is CNCc1ccc(S(=O)(=O)NC(C)CN(C)C)c(OC)c1. The van der Waals surface area contributed by atoms with Gasteiger partial charge in [-0.3, -0.25) is 0 Å². The third kappa shape index (κ3) is 5.28. The van der Waals surface area contributed by atoms with Gasteiger partial charge in [0.1, 0.15) is 10.6 Å². The number of ether oxygens (including phenoxy) is 1. The summed E-state index contributed by atoms with van der Waals surface area (Å²) in [5.74, 6) is 0.354. The lowest BCUT2D eigenvalue weighted by Gasteiger charge is -2.19. The summed E-state index contributed by atoms with van der Waals surface area (Å²) in [6.45, 7) is 3.11. The van der Waals surface area contributed by atoms with E-state index >= 15 is 0 Å². The molecule has 0 heterocycles. The number of rotatable bonds is 8. The lowest BCUT2D eigenvalue weighted by molar-refractivity contribution is 0.369. The minimum atomic E-state index is -3.60. The van der Waals surface area contributed by atoms with E-state index in [1.54, 1.807) is 18.2 Å². The van der Waals surface area contributed by atoms with Crippen molar-refractivity contribution in [1.29, 1.82) is 0 Å². The molecule has 0 saturated heterocycles. The maximum Gasteiger partial charge on any atom is 0.244 e. The van der Waals surface area contributed by atoms with Crippen LogP contribution in [0.2, 0.25) is 0 Å². The van der Waals surface area contributed by atoms with Gasteiger partial charge in [-0.1, -0.05) is 6.07 Å². The lowest BCUT2D eigenvalue weighted by Crippen LogP contribution is -2.39. The first-order valence-corrected chi connectivity index (χ1v) is 8.27. The number of likely N-dealkylation sites (N-methyl/N-ethyl adjacent to an activating group) is 1. The van der Waals surface area contributed by atoms with E-state index in [1.165, 1.54) is 7.11 Å².